The fourth-order valence-electron chi connectivity index (χ4n) is 3.69. The van der Waals surface area contributed by atoms with Crippen LogP contribution in [0.1, 0.15) is 39.9 Å². The second-order valence-corrected chi connectivity index (χ2v) is 9.26. The van der Waals surface area contributed by atoms with Gasteiger partial charge < -0.3 is 26.0 Å². The molecule has 2 amide bonds. The molecule has 0 spiro atoms. The number of benzene rings is 1. The zero-order chi connectivity index (χ0) is 21.3. The topological polar surface area (TPSA) is 136 Å². The van der Waals surface area contributed by atoms with Crippen LogP contribution in [0, 0.1) is 13.8 Å². The standard InChI is InChI=1S/C20H28N4O4S/c1-13-9-15(18(26)23-11-16(25)12-23)10-14(2)17(13)3-8-29(28)24-6-4-20(22,5-7-24)19(21)27/h3,8-10,16,25H,4-7,11-12,22H2,1-2H3,(H2,21,27)/b8-3+. The van der Waals surface area contributed by atoms with Crippen molar-refractivity contribution in [2.45, 2.75) is 38.3 Å². The van der Waals surface area contributed by atoms with Gasteiger partial charge in [0.15, 0.2) is 0 Å². The van der Waals surface area contributed by atoms with Gasteiger partial charge in [-0.3, -0.25) is 9.59 Å². The molecule has 0 radical (unpaired) electrons. The number of piperidine rings is 1. The van der Waals surface area contributed by atoms with E-state index < -0.39 is 28.9 Å². The highest BCUT2D eigenvalue weighted by atomic mass is 32.2. The number of hydrogen-bond donors (Lipinski definition) is 3. The summed E-state index contributed by atoms with van der Waals surface area (Å²) in [5.41, 5.74) is 13.7. The summed E-state index contributed by atoms with van der Waals surface area (Å²) in [6, 6.07) is 3.64. The van der Waals surface area contributed by atoms with Gasteiger partial charge >= 0.3 is 0 Å². The summed E-state index contributed by atoms with van der Waals surface area (Å²) in [7, 11) is 0. The Kier molecular flexibility index (Phi) is 6.35. The molecule has 5 N–H and O–H groups in total. The van der Waals surface area contributed by atoms with Crippen molar-refractivity contribution in [3.8, 4) is 0 Å². The molecule has 0 saturated carbocycles. The predicted octanol–water partition coefficient (Wildman–Crippen LogP) is 0.0331. The fourth-order valence-corrected chi connectivity index (χ4v) is 4.66. The highest BCUT2D eigenvalue weighted by molar-refractivity contribution is 7.92. The monoisotopic (exact) mass is 420 g/mol. The number of β-amino-alcohol motifs (C(OH)–C–C–N with tert-alkyl or cyclic N) is 1. The lowest BCUT2D eigenvalue weighted by Crippen LogP contribution is -2.58. The number of primary amides is 1. The van der Waals surface area contributed by atoms with Gasteiger partial charge in [0.25, 0.3) is 5.91 Å². The van der Waals surface area contributed by atoms with Gasteiger partial charge in [0.05, 0.1) is 23.0 Å². The number of aryl methyl sites for hydroxylation is 2. The molecule has 1 aromatic rings. The van der Waals surface area contributed by atoms with Crippen molar-refractivity contribution < 1.29 is 19.2 Å². The molecule has 0 aliphatic carbocycles. The van der Waals surface area contributed by atoms with Gasteiger partial charge in [-0.2, -0.15) is 0 Å². The number of likely N-dealkylation sites (tertiary alicyclic amines) is 1. The Labute approximate surface area is 173 Å². The van der Waals surface area contributed by atoms with E-state index in [4.69, 9.17) is 11.5 Å². The van der Waals surface area contributed by atoms with Crippen LogP contribution in [0.25, 0.3) is 6.08 Å². The zero-order valence-electron chi connectivity index (χ0n) is 16.8. The number of nitrogens with zero attached hydrogens (tertiary/aromatic N) is 2. The van der Waals surface area contributed by atoms with Crippen LogP contribution in [0.2, 0.25) is 0 Å². The van der Waals surface area contributed by atoms with Crippen LogP contribution in [0.3, 0.4) is 0 Å². The predicted molar refractivity (Wildman–Crippen MR) is 112 cm³/mol. The van der Waals surface area contributed by atoms with E-state index in [2.05, 4.69) is 0 Å². The molecule has 2 aliphatic rings. The SMILES string of the molecule is Cc1cc(C(=O)N2CC(O)C2)cc(C)c1/C=C/[S+]([O-])N1CCC(N)(C(N)=O)CC1. The first-order valence-electron chi connectivity index (χ1n) is 9.62. The number of aliphatic hydroxyl groups excluding tert-OH is 1. The zero-order valence-corrected chi connectivity index (χ0v) is 17.6. The van der Waals surface area contributed by atoms with Crippen LogP contribution in [-0.4, -0.2) is 68.5 Å². The molecular weight excluding hydrogens is 392 g/mol. The smallest absolute Gasteiger partial charge is 0.254 e. The summed E-state index contributed by atoms with van der Waals surface area (Å²) in [6.07, 6.45) is 2.13. The van der Waals surface area contributed by atoms with Crippen molar-refractivity contribution in [3.63, 3.8) is 0 Å². The van der Waals surface area contributed by atoms with Gasteiger partial charge in [-0.15, -0.1) is 4.31 Å². The summed E-state index contributed by atoms with van der Waals surface area (Å²) in [5.74, 6) is -0.610. The minimum Gasteiger partial charge on any atom is -0.593 e. The van der Waals surface area contributed by atoms with Crippen molar-refractivity contribution in [1.82, 2.24) is 9.21 Å². The minimum atomic E-state index is -1.35. The largest absolute Gasteiger partial charge is 0.593 e. The summed E-state index contributed by atoms with van der Waals surface area (Å²) in [5, 5.41) is 11.0. The molecular formula is C20H28N4O4S. The van der Waals surface area contributed by atoms with E-state index in [1.54, 1.807) is 20.7 Å². The molecule has 2 saturated heterocycles. The van der Waals surface area contributed by atoms with Crippen LogP contribution >= 0.6 is 0 Å². The van der Waals surface area contributed by atoms with Crippen molar-refractivity contribution in [2.24, 2.45) is 11.5 Å². The Bertz CT molecular complexity index is 807. The van der Waals surface area contributed by atoms with Gasteiger partial charge in [-0.1, -0.05) is 0 Å². The van der Waals surface area contributed by atoms with Gasteiger partial charge in [-0.25, -0.2) is 0 Å². The molecule has 3 rings (SSSR count). The first-order chi connectivity index (χ1) is 13.6. The molecule has 0 aromatic heterocycles. The van der Waals surface area contributed by atoms with Gasteiger partial charge in [0.1, 0.15) is 5.41 Å². The van der Waals surface area contributed by atoms with E-state index in [-0.39, 0.29) is 5.91 Å². The van der Waals surface area contributed by atoms with Crippen LogP contribution in [0.5, 0.6) is 0 Å². The van der Waals surface area contributed by atoms with E-state index in [0.29, 0.717) is 44.6 Å². The Morgan fingerprint density at radius 2 is 1.79 bits per heavy atom. The maximum atomic E-state index is 12.6. The Morgan fingerprint density at radius 3 is 2.28 bits per heavy atom. The van der Waals surface area contributed by atoms with Crippen molar-refractivity contribution in [1.29, 1.82) is 0 Å². The molecule has 1 unspecified atom stereocenters. The van der Waals surface area contributed by atoms with E-state index >= 15 is 0 Å². The van der Waals surface area contributed by atoms with Crippen LogP contribution in [0.15, 0.2) is 17.5 Å². The molecule has 158 valence electrons. The van der Waals surface area contributed by atoms with Gasteiger partial charge in [0, 0.05) is 31.7 Å². The van der Waals surface area contributed by atoms with Crippen molar-refractivity contribution in [2.75, 3.05) is 26.2 Å². The lowest BCUT2D eigenvalue weighted by atomic mass is 9.89. The minimum absolute atomic E-state index is 0.0892. The van der Waals surface area contributed by atoms with E-state index in [0.717, 1.165) is 16.7 Å². The Hall–Kier alpha value is -1.91. The molecule has 8 nitrogen and oxygen atoms in total. The summed E-state index contributed by atoms with van der Waals surface area (Å²) in [4.78, 5) is 25.5. The molecule has 2 heterocycles. The van der Waals surface area contributed by atoms with Crippen LogP contribution in [-0.2, 0) is 16.2 Å². The van der Waals surface area contributed by atoms with Gasteiger partial charge in [0.2, 0.25) is 5.91 Å². The van der Waals surface area contributed by atoms with E-state index in [9.17, 15) is 19.2 Å². The van der Waals surface area contributed by atoms with Crippen LogP contribution < -0.4 is 11.5 Å². The maximum Gasteiger partial charge on any atom is 0.254 e. The number of carbonyl (C=O) groups excluding carboxylic acids is 2. The van der Waals surface area contributed by atoms with Crippen LogP contribution in [0.4, 0.5) is 0 Å². The third-order valence-electron chi connectivity index (χ3n) is 5.70. The normalized spacial score (nSPS) is 21.2. The highest BCUT2D eigenvalue weighted by Crippen LogP contribution is 2.24. The third kappa shape index (κ3) is 4.65. The van der Waals surface area contributed by atoms with E-state index in [1.807, 2.05) is 26.0 Å². The lowest BCUT2D eigenvalue weighted by Gasteiger charge is -2.36. The first kappa shape index (κ1) is 21.8. The molecule has 9 heteroatoms. The fraction of sp³-hybridized carbons (Fsp3) is 0.500. The maximum absolute atomic E-state index is 12.6. The number of rotatable bonds is 5. The van der Waals surface area contributed by atoms with Gasteiger partial charge in [-0.05, 0) is 61.6 Å². The lowest BCUT2D eigenvalue weighted by molar-refractivity contribution is -0.124. The quantitative estimate of drug-likeness (QED) is 0.575. The Morgan fingerprint density at radius 1 is 1.24 bits per heavy atom. The third-order valence-corrected chi connectivity index (χ3v) is 6.94. The van der Waals surface area contributed by atoms with E-state index in [1.165, 1.54) is 0 Å². The number of carbonyl (C=O) groups is 2. The summed E-state index contributed by atoms with van der Waals surface area (Å²) in [6.45, 7) is 5.43. The molecule has 1 aromatic carbocycles. The molecule has 2 fully saturated rings. The average Bonchev–Trinajstić information content (AvgIpc) is 2.64. The summed E-state index contributed by atoms with van der Waals surface area (Å²) < 4.78 is 14.4. The summed E-state index contributed by atoms with van der Waals surface area (Å²) >= 11 is -1.35. The highest BCUT2D eigenvalue weighted by Gasteiger charge is 2.39. The second kappa shape index (κ2) is 8.45. The number of nitrogens with two attached hydrogens (primary N) is 2. The van der Waals surface area contributed by atoms with Crippen molar-refractivity contribution in [3.05, 3.63) is 39.8 Å². The number of aliphatic hydroxyl groups is 1. The molecule has 29 heavy (non-hydrogen) atoms. The second-order valence-electron chi connectivity index (χ2n) is 7.92. The number of amides is 2. The first-order valence-corrected chi connectivity index (χ1v) is 10.8. The average molecular weight is 421 g/mol. The molecule has 0 bridgehead atoms. The van der Waals surface area contributed by atoms with Crippen molar-refractivity contribution >= 4 is 29.3 Å². The Balaban J connectivity index is 1.66. The molecule has 2 aliphatic heterocycles. The number of hydrogen-bond acceptors (Lipinski definition) is 6. The molecule has 1 atom stereocenters.